The van der Waals surface area contributed by atoms with Gasteiger partial charge in [0.05, 0.1) is 7.11 Å². The van der Waals surface area contributed by atoms with Crippen molar-refractivity contribution in [1.82, 2.24) is 10.2 Å². The third-order valence-electron chi connectivity index (χ3n) is 6.94. The van der Waals surface area contributed by atoms with Crippen molar-refractivity contribution >= 4 is 34.2 Å². The average Bonchev–Trinajstić information content (AvgIpc) is 2.89. The highest BCUT2D eigenvalue weighted by molar-refractivity contribution is 6.25. The molecule has 7 heteroatoms. The van der Waals surface area contributed by atoms with E-state index in [0.29, 0.717) is 17.5 Å². The Hall–Kier alpha value is -3.87. The number of piperidine rings is 1. The normalized spacial score (nSPS) is 16.0. The van der Waals surface area contributed by atoms with Crippen LogP contribution in [0.4, 0.5) is 5.69 Å². The van der Waals surface area contributed by atoms with Crippen LogP contribution in [0.3, 0.4) is 0 Å². The summed E-state index contributed by atoms with van der Waals surface area (Å²) in [6.07, 6.45) is 2.47. The SMILES string of the molecule is COc1ccc(N2CCC(NC(=O)CCCN3C(=O)c4cccc5cccc(c45)C3=O)CC2)cc1. The molecule has 5 rings (SSSR count). The van der Waals surface area contributed by atoms with Gasteiger partial charge in [-0.3, -0.25) is 19.3 Å². The minimum absolute atomic E-state index is 0.0349. The monoisotopic (exact) mass is 471 g/mol. The van der Waals surface area contributed by atoms with Crippen molar-refractivity contribution in [2.24, 2.45) is 0 Å². The van der Waals surface area contributed by atoms with E-state index in [-0.39, 0.29) is 36.7 Å². The number of amides is 3. The number of hydrogen-bond acceptors (Lipinski definition) is 5. The third-order valence-corrected chi connectivity index (χ3v) is 6.94. The predicted molar refractivity (Wildman–Crippen MR) is 135 cm³/mol. The molecule has 0 spiro atoms. The minimum Gasteiger partial charge on any atom is -0.497 e. The highest BCUT2D eigenvalue weighted by Gasteiger charge is 2.32. The maximum atomic E-state index is 13.0. The fraction of sp³-hybridized carbons (Fsp3) is 0.321. The second-order valence-corrected chi connectivity index (χ2v) is 9.10. The Morgan fingerprint density at radius 2 is 1.57 bits per heavy atom. The Morgan fingerprint density at radius 3 is 2.17 bits per heavy atom. The summed E-state index contributed by atoms with van der Waals surface area (Å²) in [6.45, 7) is 1.98. The Labute approximate surface area is 204 Å². The van der Waals surface area contributed by atoms with Gasteiger partial charge in [-0.1, -0.05) is 24.3 Å². The zero-order valence-electron chi connectivity index (χ0n) is 19.8. The van der Waals surface area contributed by atoms with Crippen molar-refractivity contribution in [1.29, 1.82) is 0 Å². The van der Waals surface area contributed by atoms with E-state index in [4.69, 9.17) is 4.74 Å². The lowest BCUT2D eigenvalue weighted by Crippen LogP contribution is -2.45. The Balaban J connectivity index is 1.11. The number of nitrogens with zero attached hydrogens (tertiary/aromatic N) is 2. The molecule has 0 aromatic heterocycles. The number of rotatable bonds is 7. The van der Waals surface area contributed by atoms with Crippen molar-refractivity contribution in [2.45, 2.75) is 31.7 Å². The Kier molecular flexibility index (Phi) is 6.40. The van der Waals surface area contributed by atoms with E-state index in [0.717, 1.165) is 48.1 Å². The van der Waals surface area contributed by atoms with Crippen LogP contribution in [-0.2, 0) is 4.79 Å². The molecule has 1 N–H and O–H groups in total. The van der Waals surface area contributed by atoms with Crippen LogP contribution >= 0.6 is 0 Å². The highest BCUT2D eigenvalue weighted by Crippen LogP contribution is 2.30. The number of imide groups is 1. The topological polar surface area (TPSA) is 79.0 Å². The number of carbonyl (C=O) groups is 3. The first-order valence-corrected chi connectivity index (χ1v) is 12.1. The minimum atomic E-state index is -0.286. The van der Waals surface area contributed by atoms with Gasteiger partial charge in [-0.05, 0) is 61.0 Å². The van der Waals surface area contributed by atoms with E-state index < -0.39 is 0 Å². The van der Waals surface area contributed by atoms with Gasteiger partial charge >= 0.3 is 0 Å². The van der Waals surface area contributed by atoms with Crippen LogP contribution < -0.4 is 15.0 Å². The lowest BCUT2D eigenvalue weighted by atomic mass is 9.94. The van der Waals surface area contributed by atoms with Gasteiger partial charge in [0.25, 0.3) is 11.8 Å². The summed E-state index contributed by atoms with van der Waals surface area (Å²) in [5.74, 6) is 0.230. The van der Waals surface area contributed by atoms with Gasteiger partial charge in [0.1, 0.15) is 5.75 Å². The molecule has 1 saturated heterocycles. The fourth-order valence-electron chi connectivity index (χ4n) is 5.06. The molecule has 180 valence electrons. The van der Waals surface area contributed by atoms with E-state index in [2.05, 4.69) is 22.3 Å². The third kappa shape index (κ3) is 4.58. The van der Waals surface area contributed by atoms with Gasteiger partial charge in [0, 0.05) is 54.3 Å². The second-order valence-electron chi connectivity index (χ2n) is 9.10. The molecular weight excluding hydrogens is 442 g/mol. The van der Waals surface area contributed by atoms with Gasteiger partial charge in [-0.2, -0.15) is 0 Å². The van der Waals surface area contributed by atoms with Crippen LogP contribution in [0.1, 0.15) is 46.4 Å². The molecule has 0 aliphatic carbocycles. The Morgan fingerprint density at radius 1 is 0.943 bits per heavy atom. The first-order valence-electron chi connectivity index (χ1n) is 12.1. The maximum absolute atomic E-state index is 13.0. The van der Waals surface area contributed by atoms with Gasteiger partial charge in [0.15, 0.2) is 0 Å². The quantitative estimate of drug-likeness (QED) is 0.527. The van der Waals surface area contributed by atoms with Crippen LogP contribution in [0.15, 0.2) is 60.7 Å². The fourth-order valence-corrected chi connectivity index (χ4v) is 5.06. The molecule has 0 atom stereocenters. The first kappa shape index (κ1) is 22.9. The first-order chi connectivity index (χ1) is 17.0. The van der Waals surface area contributed by atoms with Gasteiger partial charge in [-0.25, -0.2) is 0 Å². The molecule has 0 unspecified atom stereocenters. The van der Waals surface area contributed by atoms with E-state index in [9.17, 15) is 14.4 Å². The number of anilines is 1. The molecule has 1 fully saturated rings. The number of ether oxygens (including phenoxy) is 1. The van der Waals surface area contributed by atoms with Gasteiger partial charge < -0.3 is 15.0 Å². The number of nitrogens with one attached hydrogen (secondary N) is 1. The van der Waals surface area contributed by atoms with Crippen molar-refractivity contribution in [3.63, 3.8) is 0 Å². The summed E-state index contributed by atoms with van der Waals surface area (Å²) in [4.78, 5) is 42.1. The Bertz CT molecular complexity index is 1210. The summed E-state index contributed by atoms with van der Waals surface area (Å²) in [5, 5.41) is 4.74. The molecule has 0 bridgehead atoms. The number of benzene rings is 3. The van der Waals surface area contributed by atoms with Crippen LogP contribution in [0.5, 0.6) is 5.75 Å². The molecular formula is C28H29N3O4. The molecule has 0 saturated carbocycles. The molecule has 0 radical (unpaired) electrons. The van der Waals surface area contributed by atoms with Crippen molar-refractivity contribution in [2.75, 3.05) is 31.6 Å². The summed E-state index contributed by atoms with van der Waals surface area (Å²) >= 11 is 0. The molecule has 7 nitrogen and oxygen atoms in total. The second kappa shape index (κ2) is 9.78. The predicted octanol–water partition coefficient (Wildman–Crippen LogP) is 4.01. The molecule has 3 aromatic carbocycles. The van der Waals surface area contributed by atoms with E-state index in [1.54, 1.807) is 19.2 Å². The standard InChI is InChI=1S/C28H29N3O4/c1-35-22-12-10-21(11-13-22)30-17-14-20(15-18-30)29-25(32)9-4-16-31-27(33)23-7-2-5-19-6-3-8-24(26(19)23)28(31)34/h2-3,5-8,10-13,20H,4,9,14-18H2,1H3,(H,29,32). The lowest BCUT2D eigenvalue weighted by molar-refractivity contribution is -0.122. The van der Waals surface area contributed by atoms with Crippen LogP contribution in [-0.4, -0.2) is 55.4 Å². The van der Waals surface area contributed by atoms with Crippen molar-refractivity contribution in [3.05, 3.63) is 71.8 Å². The lowest BCUT2D eigenvalue weighted by Gasteiger charge is -2.34. The molecule has 2 aliphatic rings. The summed E-state index contributed by atoms with van der Waals surface area (Å²) in [6, 6.07) is 19.2. The maximum Gasteiger partial charge on any atom is 0.261 e. The molecule has 3 amide bonds. The van der Waals surface area contributed by atoms with Crippen LogP contribution in [0.25, 0.3) is 10.8 Å². The number of hydrogen-bond donors (Lipinski definition) is 1. The van der Waals surface area contributed by atoms with Gasteiger partial charge in [0.2, 0.25) is 5.91 Å². The molecule has 2 aliphatic heterocycles. The van der Waals surface area contributed by atoms with Crippen molar-refractivity contribution < 1.29 is 19.1 Å². The summed E-state index contributed by atoms with van der Waals surface area (Å²) in [5.41, 5.74) is 2.25. The molecule has 3 aromatic rings. The number of methoxy groups -OCH3 is 1. The zero-order chi connectivity index (χ0) is 24.4. The summed E-state index contributed by atoms with van der Waals surface area (Å²) in [7, 11) is 1.66. The van der Waals surface area contributed by atoms with Crippen LogP contribution in [0, 0.1) is 0 Å². The smallest absolute Gasteiger partial charge is 0.261 e. The van der Waals surface area contributed by atoms with E-state index in [1.807, 2.05) is 36.4 Å². The highest BCUT2D eigenvalue weighted by atomic mass is 16.5. The zero-order valence-corrected chi connectivity index (χ0v) is 19.8. The van der Waals surface area contributed by atoms with Gasteiger partial charge in [-0.15, -0.1) is 0 Å². The van der Waals surface area contributed by atoms with Crippen molar-refractivity contribution in [3.8, 4) is 5.75 Å². The molecule has 2 heterocycles. The summed E-state index contributed by atoms with van der Waals surface area (Å²) < 4.78 is 5.22. The largest absolute Gasteiger partial charge is 0.497 e. The molecule has 35 heavy (non-hydrogen) atoms. The average molecular weight is 472 g/mol. The van der Waals surface area contributed by atoms with E-state index >= 15 is 0 Å². The van der Waals surface area contributed by atoms with E-state index in [1.165, 1.54) is 4.90 Å². The van der Waals surface area contributed by atoms with Crippen LogP contribution in [0.2, 0.25) is 0 Å². The number of carbonyl (C=O) groups excluding carboxylic acids is 3.